The monoisotopic (exact) mass is 765 g/mol. The van der Waals surface area contributed by atoms with Crippen molar-refractivity contribution in [3.8, 4) is 5.75 Å². The Bertz CT molecular complexity index is 2180. The van der Waals surface area contributed by atoms with Crippen LogP contribution in [0.25, 0.3) is 10.9 Å². The molecular weight excluding hydrogens is 726 g/mol. The molecule has 3 N–H and O–H groups in total. The minimum atomic E-state index is -1.03. The summed E-state index contributed by atoms with van der Waals surface area (Å²) in [6.07, 6.45) is 4.13. The molecule has 1 saturated heterocycles. The predicted octanol–water partition coefficient (Wildman–Crippen LogP) is 5.81. The number of piperidine rings is 1. The number of aromatic nitrogens is 1. The van der Waals surface area contributed by atoms with Crippen molar-refractivity contribution in [3.63, 3.8) is 0 Å². The van der Waals surface area contributed by atoms with Gasteiger partial charge in [0.2, 0.25) is 17.7 Å². The standard InChI is InChI=1S/C41H40FN5O7S/c1-23(24-5-11-29(35(55)21-24)28-15-16-43-32-12-6-25(42)22-31(28)32)38(49)45-26-7-9-27(10-8-26)54-20-19-53-18-17-44-33-4-2-3-30-37(33)41(52)47(40(30)51)34-13-14-36(48)46-39(34)50/h2-4,6-10,12,15-16,22-24,29,34,44H,5,11,13-14,17-21H2,1H3,(H,45,49)(H,46,48,50)/t23-,24-,29-,34?/m1/s1. The number of nitrogens with zero attached hydrogens (tertiary/aromatic N) is 2. The first-order valence-corrected chi connectivity index (χ1v) is 18.8. The number of carbonyl (C=O) groups is 5. The smallest absolute Gasteiger partial charge is 0.264 e. The zero-order chi connectivity index (χ0) is 38.6. The van der Waals surface area contributed by atoms with E-state index in [1.165, 1.54) is 12.1 Å². The van der Waals surface area contributed by atoms with Gasteiger partial charge in [0.15, 0.2) is 0 Å². The third-order valence-corrected chi connectivity index (χ3v) is 11.0. The Morgan fingerprint density at radius 3 is 2.60 bits per heavy atom. The first-order chi connectivity index (χ1) is 26.6. The maximum Gasteiger partial charge on any atom is 0.264 e. The summed E-state index contributed by atoms with van der Waals surface area (Å²) < 4.78 is 25.5. The molecule has 2 aliphatic heterocycles. The fourth-order valence-corrected chi connectivity index (χ4v) is 8.05. The molecule has 3 heterocycles. The second-order valence-electron chi connectivity index (χ2n) is 14.0. The highest BCUT2D eigenvalue weighted by Crippen LogP contribution is 2.40. The highest BCUT2D eigenvalue weighted by atomic mass is 32.1. The minimum Gasteiger partial charge on any atom is -0.491 e. The molecule has 1 saturated carbocycles. The van der Waals surface area contributed by atoms with Gasteiger partial charge in [-0.05, 0) is 97.8 Å². The van der Waals surface area contributed by atoms with Crippen molar-refractivity contribution in [2.75, 3.05) is 37.0 Å². The number of nitrogens with one attached hydrogen (secondary N) is 3. The lowest BCUT2D eigenvalue weighted by molar-refractivity contribution is -0.136. The molecule has 3 aliphatic rings. The Balaban J connectivity index is 0.821. The van der Waals surface area contributed by atoms with Crippen LogP contribution in [0.3, 0.4) is 0 Å². The van der Waals surface area contributed by atoms with Gasteiger partial charge in [0.05, 0.1) is 29.9 Å². The van der Waals surface area contributed by atoms with E-state index >= 15 is 0 Å². The molecule has 0 radical (unpaired) electrons. The number of benzene rings is 3. The fraction of sp³-hybridized carbons (Fsp3) is 0.341. The predicted molar refractivity (Wildman–Crippen MR) is 207 cm³/mol. The van der Waals surface area contributed by atoms with Crippen LogP contribution in [0, 0.1) is 17.7 Å². The minimum absolute atomic E-state index is 0.0141. The molecule has 1 unspecified atom stereocenters. The van der Waals surface area contributed by atoms with Crippen LogP contribution in [0.15, 0.2) is 72.9 Å². The van der Waals surface area contributed by atoms with E-state index in [1.807, 2.05) is 13.0 Å². The topological polar surface area (TPSA) is 156 Å². The van der Waals surface area contributed by atoms with Crippen molar-refractivity contribution in [3.05, 3.63) is 95.4 Å². The maximum atomic E-state index is 14.0. The number of halogens is 1. The molecular formula is C41H40FN5O7S. The van der Waals surface area contributed by atoms with Gasteiger partial charge in [-0.25, -0.2) is 4.39 Å². The van der Waals surface area contributed by atoms with Gasteiger partial charge in [0.1, 0.15) is 24.2 Å². The summed E-state index contributed by atoms with van der Waals surface area (Å²) in [5, 5.41) is 9.13. The Labute approximate surface area is 322 Å². The van der Waals surface area contributed by atoms with Crippen molar-refractivity contribution < 1.29 is 37.8 Å². The SMILES string of the molecule is C[C@@H](C(=O)Nc1ccc(OCCOCCNc2cccc3c2C(=O)N(C2CCC(=O)NC2=O)C3=O)cc1)[C@@H]1CC[C@H](c2ccnc3ccc(F)cc23)C(=S)C1. The molecule has 284 valence electrons. The highest BCUT2D eigenvalue weighted by molar-refractivity contribution is 7.80. The van der Waals surface area contributed by atoms with E-state index in [9.17, 15) is 28.4 Å². The number of pyridine rings is 1. The summed E-state index contributed by atoms with van der Waals surface area (Å²) in [6.45, 7) is 3.15. The first-order valence-electron chi connectivity index (χ1n) is 18.4. The number of anilines is 2. The average molecular weight is 766 g/mol. The van der Waals surface area contributed by atoms with Crippen LogP contribution in [-0.2, 0) is 19.1 Å². The molecule has 5 amide bonds. The van der Waals surface area contributed by atoms with Crippen LogP contribution >= 0.6 is 12.2 Å². The summed E-state index contributed by atoms with van der Waals surface area (Å²) in [5.74, 6) is -2.14. The molecule has 2 fully saturated rings. The number of hydrogen-bond donors (Lipinski definition) is 3. The number of ether oxygens (including phenoxy) is 2. The zero-order valence-electron chi connectivity index (χ0n) is 30.1. The molecule has 12 nitrogen and oxygen atoms in total. The molecule has 14 heteroatoms. The number of carbonyl (C=O) groups excluding carboxylic acids is 5. The average Bonchev–Trinajstić information content (AvgIpc) is 3.43. The normalized spacial score (nSPS) is 20.3. The van der Waals surface area contributed by atoms with E-state index in [0.717, 1.165) is 39.1 Å². The third kappa shape index (κ3) is 8.10. The third-order valence-electron chi connectivity index (χ3n) is 10.6. The second-order valence-corrected chi connectivity index (χ2v) is 14.5. The van der Waals surface area contributed by atoms with Gasteiger partial charge in [-0.2, -0.15) is 0 Å². The number of hydrogen-bond acceptors (Lipinski definition) is 10. The quantitative estimate of drug-likeness (QED) is 0.0863. The summed E-state index contributed by atoms with van der Waals surface area (Å²) in [7, 11) is 0. The van der Waals surface area contributed by atoms with Crippen LogP contribution in [-0.4, -0.2) is 76.7 Å². The summed E-state index contributed by atoms with van der Waals surface area (Å²) in [5.41, 5.74) is 3.23. The molecule has 7 rings (SSSR count). The summed E-state index contributed by atoms with van der Waals surface area (Å²) >= 11 is 5.86. The molecule has 0 spiro atoms. The highest BCUT2D eigenvalue weighted by Gasteiger charge is 2.45. The number of imide groups is 2. The van der Waals surface area contributed by atoms with Crippen molar-refractivity contribution in [1.82, 2.24) is 15.2 Å². The number of fused-ring (bicyclic) bond motifs is 2. The fourth-order valence-electron chi connectivity index (χ4n) is 7.59. The lowest BCUT2D eigenvalue weighted by Gasteiger charge is -2.33. The van der Waals surface area contributed by atoms with E-state index < -0.39 is 29.7 Å². The van der Waals surface area contributed by atoms with Gasteiger partial charge in [-0.15, -0.1) is 0 Å². The zero-order valence-corrected chi connectivity index (χ0v) is 31.0. The van der Waals surface area contributed by atoms with E-state index in [2.05, 4.69) is 20.9 Å². The molecule has 1 aromatic heterocycles. The molecule has 3 aromatic carbocycles. The van der Waals surface area contributed by atoms with Crippen molar-refractivity contribution >= 4 is 68.9 Å². The number of thiocarbonyl (C=S) groups is 1. The lowest BCUT2D eigenvalue weighted by Crippen LogP contribution is -2.54. The Hall–Kier alpha value is -5.60. The van der Waals surface area contributed by atoms with Gasteiger partial charge in [0.25, 0.3) is 11.8 Å². The van der Waals surface area contributed by atoms with Crippen LogP contribution in [0.2, 0.25) is 0 Å². The summed E-state index contributed by atoms with van der Waals surface area (Å²) in [4.78, 5) is 69.6. The largest absolute Gasteiger partial charge is 0.491 e. The van der Waals surface area contributed by atoms with Crippen LogP contribution in [0.4, 0.5) is 15.8 Å². The first kappa shape index (κ1) is 37.7. The van der Waals surface area contributed by atoms with Crippen molar-refractivity contribution in [2.24, 2.45) is 11.8 Å². The van der Waals surface area contributed by atoms with Gasteiger partial charge >= 0.3 is 0 Å². The summed E-state index contributed by atoms with van der Waals surface area (Å²) in [6, 6.07) is 17.5. The number of amides is 5. The van der Waals surface area contributed by atoms with E-state index in [0.29, 0.717) is 43.3 Å². The second kappa shape index (κ2) is 16.4. The molecule has 0 bridgehead atoms. The van der Waals surface area contributed by atoms with E-state index in [-0.39, 0.29) is 60.1 Å². The lowest BCUT2D eigenvalue weighted by atomic mass is 9.73. The van der Waals surface area contributed by atoms with E-state index in [4.69, 9.17) is 21.7 Å². The van der Waals surface area contributed by atoms with Crippen molar-refractivity contribution in [2.45, 2.75) is 51.0 Å². The molecule has 4 aromatic rings. The molecule has 55 heavy (non-hydrogen) atoms. The Kier molecular flexibility index (Phi) is 11.3. The molecule has 4 atom stereocenters. The Morgan fingerprint density at radius 2 is 1.82 bits per heavy atom. The van der Waals surface area contributed by atoms with E-state index in [1.54, 1.807) is 54.7 Å². The molecule has 1 aliphatic carbocycles. The van der Waals surface area contributed by atoms with Gasteiger partial charge in [0, 0.05) is 52.6 Å². The van der Waals surface area contributed by atoms with Crippen molar-refractivity contribution in [1.29, 1.82) is 0 Å². The van der Waals surface area contributed by atoms with Gasteiger partial charge < -0.3 is 20.1 Å². The van der Waals surface area contributed by atoms with Crippen LogP contribution < -0.4 is 20.7 Å². The van der Waals surface area contributed by atoms with Crippen LogP contribution in [0.5, 0.6) is 5.75 Å². The number of rotatable bonds is 13. The van der Waals surface area contributed by atoms with Crippen LogP contribution in [0.1, 0.15) is 71.2 Å². The van der Waals surface area contributed by atoms with Gasteiger partial charge in [-0.3, -0.25) is 39.2 Å². The van der Waals surface area contributed by atoms with Gasteiger partial charge in [-0.1, -0.05) is 25.2 Å². The Morgan fingerprint density at radius 1 is 1.00 bits per heavy atom. The maximum absolute atomic E-state index is 14.0.